The zero-order valence-electron chi connectivity index (χ0n) is 12.2. The summed E-state index contributed by atoms with van der Waals surface area (Å²) in [6.07, 6.45) is 1.31. The quantitative estimate of drug-likeness (QED) is 0.731. The molecular formula is C14H15FN4O3S. The lowest BCUT2D eigenvalue weighted by Crippen LogP contribution is -2.24. The molecule has 1 amide bonds. The Morgan fingerprint density at radius 2 is 2.04 bits per heavy atom. The molecule has 0 atom stereocenters. The van der Waals surface area contributed by atoms with E-state index in [1.54, 1.807) is 12.1 Å². The predicted molar refractivity (Wildman–Crippen MR) is 83.4 cm³/mol. The number of amides is 1. The first kappa shape index (κ1) is 16.8. The molecule has 0 radical (unpaired) electrons. The van der Waals surface area contributed by atoms with Gasteiger partial charge in [-0.05, 0) is 37.4 Å². The van der Waals surface area contributed by atoms with Crippen LogP contribution in [0, 0.1) is 5.82 Å². The SMILES string of the molecule is CNS(=O)(=O)/C=C/CNC(=O)c1cc(-c2ccc(F)cc2)n[nH]1. The van der Waals surface area contributed by atoms with Crippen LogP contribution < -0.4 is 10.0 Å². The molecular weight excluding hydrogens is 323 g/mol. The molecule has 0 saturated heterocycles. The Hall–Kier alpha value is -2.52. The molecule has 1 heterocycles. The number of halogens is 1. The zero-order valence-corrected chi connectivity index (χ0v) is 13.0. The molecule has 0 spiro atoms. The predicted octanol–water partition coefficient (Wildman–Crippen LogP) is 1.01. The number of benzene rings is 1. The molecule has 0 aliphatic rings. The molecule has 0 unspecified atom stereocenters. The molecule has 122 valence electrons. The van der Waals surface area contributed by atoms with Gasteiger partial charge in [-0.2, -0.15) is 5.10 Å². The number of H-pyrrole nitrogens is 1. The Labute approximate surface area is 132 Å². The number of hydrogen-bond acceptors (Lipinski definition) is 4. The van der Waals surface area contributed by atoms with Crippen molar-refractivity contribution in [3.05, 3.63) is 53.3 Å². The summed E-state index contributed by atoms with van der Waals surface area (Å²) in [5.74, 6) is -0.789. The summed E-state index contributed by atoms with van der Waals surface area (Å²) in [7, 11) is -2.16. The van der Waals surface area contributed by atoms with E-state index in [9.17, 15) is 17.6 Å². The lowest BCUT2D eigenvalue weighted by molar-refractivity contribution is 0.0953. The fourth-order valence-corrected chi connectivity index (χ4v) is 2.18. The topological polar surface area (TPSA) is 104 Å². The Kier molecular flexibility index (Phi) is 5.24. The van der Waals surface area contributed by atoms with E-state index in [4.69, 9.17) is 0 Å². The highest BCUT2D eigenvalue weighted by Gasteiger charge is 2.10. The lowest BCUT2D eigenvalue weighted by Gasteiger charge is -1.99. The standard InChI is InChI=1S/C14H15FN4O3S/c1-16-23(21,22)8-2-7-17-14(20)13-9-12(18-19-13)10-3-5-11(15)6-4-10/h2-6,8-9,16H,7H2,1H3,(H,17,20)(H,18,19)/b8-2+. The van der Waals surface area contributed by atoms with E-state index in [2.05, 4.69) is 20.2 Å². The van der Waals surface area contributed by atoms with Gasteiger partial charge in [0.05, 0.1) is 5.69 Å². The minimum atomic E-state index is -3.45. The number of sulfonamides is 1. The molecule has 3 N–H and O–H groups in total. The highest BCUT2D eigenvalue weighted by molar-refractivity contribution is 7.92. The van der Waals surface area contributed by atoms with Gasteiger partial charge in [0.1, 0.15) is 11.5 Å². The molecule has 9 heteroatoms. The van der Waals surface area contributed by atoms with Crippen molar-refractivity contribution in [2.24, 2.45) is 0 Å². The van der Waals surface area contributed by atoms with Gasteiger partial charge in [0, 0.05) is 17.5 Å². The number of aromatic amines is 1. The van der Waals surface area contributed by atoms with Crippen LogP contribution in [0.2, 0.25) is 0 Å². The van der Waals surface area contributed by atoms with Crippen molar-refractivity contribution in [3.8, 4) is 11.3 Å². The van der Waals surface area contributed by atoms with Crippen molar-refractivity contribution in [1.82, 2.24) is 20.2 Å². The van der Waals surface area contributed by atoms with Crippen LogP contribution in [0.25, 0.3) is 11.3 Å². The molecule has 1 aromatic carbocycles. The second kappa shape index (κ2) is 7.16. The largest absolute Gasteiger partial charge is 0.347 e. The molecule has 23 heavy (non-hydrogen) atoms. The van der Waals surface area contributed by atoms with Gasteiger partial charge < -0.3 is 5.32 Å². The first-order valence-corrected chi connectivity index (χ1v) is 8.15. The Balaban J connectivity index is 1.97. The number of carbonyl (C=O) groups is 1. The van der Waals surface area contributed by atoms with Crippen molar-refractivity contribution in [2.45, 2.75) is 0 Å². The van der Waals surface area contributed by atoms with E-state index in [0.717, 1.165) is 5.41 Å². The molecule has 0 bridgehead atoms. The minimum Gasteiger partial charge on any atom is -0.347 e. The second-order valence-corrected chi connectivity index (χ2v) is 6.28. The van der Waals surface area contributed by atoms with Crippen LogP contribution in [0.1, 0.15) is 10.5 Å². The van der Waals surface area contributed by atoms with Gasteiger partial charge >= 0.3 is 0 Å². The minimum absolute atomic E-state index is 0.0463. The molecule has 0 aliphatic heterocycles. The van der Waals surface area contributed by atoms with E-state index < -0.39 is 15.9 Å². The van der Waals surface area contributed by atoms with Gasteiger partial charge in [-0.15, -0.1) is 0 Å². The van der Waals surface area contributed by atoms with E-state index in [1.807, 2.05) is 0 Å². The fraction of sp³-hybridized carbons (Fsp3) is 0.143. The highest BCUT2D eigenvalue weighted by atomic mass is 32.2. The number of aromatic nitrogens is 2. The van der Waals surface area contributed by atoms with E-state index in [0.29, 0.717) is 11.3 Å². The molecule has 7 nitrogen and oxygen atoms in total. The second-order valence-electron chi connectivity index (χ2n) is 4.50. The van der Waals surface area contributed by atoms with Crippen molar-refractivity contribution in [2.75, 3.05) is 13.6 Å². The van der Waals surface area contributed by atoms with Gasteiger partial charge in [0.15, 0.2) is 0 Å². The fourth-order valence-electron chi connectivity index (χ4n) is 1.70. The molecule has 1 aromatic heterocycles. The van der Waals surface area contributed by atoms with Crippen LogP contribution in [-0.2, 0) is 10.0 Å². The Bertz CT molecular complexity index is 813. The van der Waals surface area contributed by atoms with Crippen LogP contribution in [0.4, 0.5) is 4.39 Å². The van der Waals surface area contributed by atoms with Crippen LogP contribution in [0.5, 0.6) is 0 Å². The molecule has 2 rings (SSSR count). The van der Waals surface area contributed by atoms with E-state index >= 15 is 0 Å². The third-order valence-electron chi connectivity index (χ3n) is 2.90. The maximum atomic E-state index is 12.9. The number of rotatable bonds is 6. The Morgan fingerprint density at radius 1 is 1.35 bits per heavy atom. The number of nitrogens with zero attached hydrogens (tertiary/aromatic N) is 1. The summed E-state index contributed by atoms with van der Waals surface area (Å²) >= 11 is 0. The average Bonchev–Trinajstić information content (AvgIpc) is 3.02. The van der Waals surface area contributed by atoms with Gasteiger partial charge in [-0.25, -0.2) is 17.5 Å². The molecule has 0 aliphatic carbocycles. The van der Waals surface area contributed by atoms with Gasteiger partial charge in [-0.1, -0.05) is 6.08 Å². The lowest BCUT2D eigenvalue weighted by atomic mass is 10.1. The third kappa shape index (κ3) is 4.73. The van der Waals surface area contributed by atoms with Crippen LogP contribution in [-0.4, -0.2) is 38.1 Å². The number of hydrogen-bond donors (Lipinski definition) is 3. The maximum Gasteiger partial charge on any atom is 0.269 e. The van der Waals surface area contributed by atoms with E-state index in [1.165, 1.54) is 31.3 Å². The summed E-state index contributed by atoms with van der Waals surface area (Å²) in [5.41, 5.74) is 1.39. The van der Waals surface area contributed by atoms with Gasteiger partial charge in [0.25, 0.3) is 5.91 Å². The normalized spacial score (nSPS) is 11.7. The maximum absolute atomic E-state index is 12.9. The number of nitrogens with one attached hydrogen (secondary N) is 3. The summed E-state index contributed by atoms with van der Waals surface area (Å²) in [5, 5.41) is 10.0. The van der Waals surface area contributed by atoms with Crippen molar-refractivity contribution < 1.29 is 17.6 Å². The van der Waals surface area contributed by atoms with Crippen molar-refractivity contribution in [3.63, 3.8) is 0 Å². The van der Waals surface area contributed by atoms with Crippen LogP contribution >= 0.6 is 0 Å². The van der Waals surface area contributed by atoms with E-state index in [-0.39, 0.29) is 18.1 Å². The monoisotopic (exact) mass is 338 g/mol. The Morgan fingerprint density at radius 3 is 2.70 bits per heavy atom. The summed E-state index contributed by atoms with van der Waals surface area (Å²) in [6.45, 7) is 0.0463. The smallest absolute Gasteiger partial charge is 0.269 e. The summed E-state index contributed by atoms with van der Waals surface area (Å²) < 4.78 is 37.3. The molecule has 2 aromatic rings. The first-order chi connectivity index (χ1) is 10.9. The van der Waals surface area contributed by atoms with Crippen LogP contribution in [0.3, 0.4) is 0 Å². The third-order valence-corrected chi connectivity index (χ3v) is 4.02. The van der Waals surface area contributed by atoms with Crippen LogP contribution in [0.15, 0.2) is 41.8 Å². The number of carbonyl (C=O) groups excluding carboxylic acids is 1. The summed E-state index contributed by atoms with van der Waals surface area (Å²) in [4.78, 5) is 11.9. The highest BCUT2D eigenvalue weighted by Crippen LogP contribution is 2.17. The summed E-state index contributed by atoms with van der Waals surface area (Å²) in [6, 6.07) is 7.24. The van der Waals surface area contributed by atoms with Crippen molar-refractivity contribution >= 4 is 15.9 Å². The molecule has 0 fully saturated rings. The average molecular weight is 338 g/mol. The van der Waals surface area contributed by atoms with Crippen molar-refractivity contribution in [1.29, 1.82) is 0 Å². The zero-order chi connectivity index (χ0) is 16.9. The molecule has 0 saturated carbocycles. The van der Waals surface area contributed by atoms with Gasteiger partial charge in [-0.3, -0.25) is 9.89 Å². The first-order valence-electron chi connectivity index (χ1n) is 6.61. The van der Waals surface area contributed by atoms with Gasteiger partial charge in [0.2, 0.25) is 10.0 Å².